The van der Waals surface area contributed by atoms with Gasteiger partial charge < -0.3 is 5.11 Å². The van der Waals surface area contributed by atoms with E-state index in [4.69, 9.17) is 0 Å². The monoisotopic (exact) mass is 197 g/mol. The maximum Gasteiger partial charge on any atom is 0.0896 e. The van der Waals surface area contributed by atoms with Crippen molar-refractivity contribution in [1.29, 1.82) is 0 Å². The van der Waals surface area contributed by atoms with Crippen molar-refractivity contribution in [2.24, 2.45) is 5.92 Å². The predicted molar refractivity (Wildman–Crippen MR) is 53.9 cm³/mol. The fourth-order valence-corrected chi connectivity index (χ4v) is 2.90. The molecule has 1 saturated carbocycles. The summed E-state index contributed by atoms with van der Waals surface area (Å²) >= 11 is 1.75. The van der Waals surface area contributed by atoms with Crippen LogP contribution >= 0.6 is 11.3 Å². The summed E-state index contributed by atoms with van der Waals surface area (Å²) in [5.74, 6) is 0.486. The second-order valence-electron chi connectivity index (χ2n) is 3.81. The van der Waals surface area contributed by atoms with Crippen LogP contribution in [0.3, 0.4) is 0 Å². The third-order valence-corrected chi connectivity index (χ3v) is 3.69. The highest BCUT2D eigenvalue weighted by molar-refractivity contribution is 7.11. The van der Waals surface area contributed by atoms with Crippen LogP contribution in [0.15, 0.2) is 6.20 Å². The molecular weight excluding hydrogens is 182 g/mol. The number of hydrogen-bond donors (Lipinski definition) is 1. The lowest BCUT2D eigenvalue weighted by atomic mass is 10.0. The van der Waals surface area contributed by atoms with Crippen molar-refractivity contribution in [2.75, 3.05) is 0 Å². The summed E-state index contributed by atoms with van der Waals surface area (Å²) in [6, 6.07) is 0. The lowest BCUT2D eigenvalue weighted by Crippen LogP contribution is -2.14. The smallest absolute Gasteiger partial charge is 0.0896 e. The SMILES string of the molecule is Cc1ncc(CC2CCCC2O)s1. The number of hydrogen-bond acceptors (Lipinski definition) is 3. The highest BCUT2D eigenvalue weighted by Crippen LogP contribution is 2.29. The summed E-state index contributed by atoms with van der Waals surface area (Å²) < 4.78 is 0. The standard InChI is InChI=1S/C10H15NOS/c1-7-11-6-9(13-7)5-8-3-2-4-10(8)12/h6,8,10,12H,2-5H2,1H3. The molecule has 2 atom stereocenters. The van der Waals surface area contributed by atoms with Crippen molar-refractivity contribution in [1.82, 2.24) is 4.98 Å². The van der Waals surface area contributed by atoms with Crippen molar-refractivity contribution >= 4 is 11.3 Å². The zero-order chi connectivity index (χ0) is 9.26. The molecule has 13 heavy (non-hydrogen) atoms. The Hall–Kier alpha value is -0.410. The molecule has 2 rings (SSSR count). The molecule has 72 valence electrons. The quantitative estimate of drug-likeness (QED) is 0.788. The molecule has 0 saturated heterocycles. The Balaban J connectivity index is 1.97. The summed E-state index contributed by atoms with van der Waals surface area (Å²) in [6.07, 6.45) is 6.25. The first kappa shape index (κ1) is 9.16. The first-order valence-corrected chi connectivity index (χ1v) is 5.67. The normalized spacial score (nSPS) is 28.2. The van der Waals surface area contributed by atoms with E-state index < -0.39 is 0 Å². The zero-order valence-electron chi connectivity index (χ0n) is 7.86. The van der Waals surface area contributed by atoms with Crippen molar-refractivity contribution in [2.45, 2.75) is 38.7 Å². The third kappa shape index (κ3) is 2.09. The van der Waals surface area contributed by atoms with Crippen LogP contribution in [0, 0.1) is 12.8 Å². The molecule has 1 fully saturated rings. The Kier molecular flexibility index (Phi) is 2.65. The molecule has 1 aliphatic carbocycles. The van der Waals surface area contributed by atoms with Gasteiger partial charge in [-0.05, 0) is 32.1 Å². The Labute approximate surface area is 82.6 Å². The lowest BCUT2D eigenvalue weighted by Gasteiger charge is -2.11. The van der Waals surface area contributed by atoms with Crippen LogP contribution in [0.2, 0.25) is 0 Å². The Morgan fingerprint density at radius 2 is 2.46 bits per heavy atom. The number of aryl methyl sites for hydroxylation is 1. The molecule has 1 aliphatic rings. The van der Waals surface area contributed by atoms with Gasteiger partial charge in [0, 0.05) is 11.1 Å². The van der Waals surface area contributed by atoms with Gasteiger partial charge in [-0.2, -0.15) is 0 Å². The van der Waals surface area contributed by atoms with Gasteiger partial charge in [-0.25, -0.2) is 4.98 Å². The number of aliphatic hydroxyl groups is 1. The van der Waals surface area contributed by atoms with E-state index in [1.807, 2.05) is 13.1 Å². The molecule has 3 heteroatoms. The number of rotatable bonds is 2. The predicted octanol–water partition coefficient (Wildman–Crippen LogP) is 2.16. The van der Waals surface area contributed by atoms with Crippen LogP contribution in [-0.4, -0.2) is 16.2 Å². The van der Waals surface area contributed by atoms with Crippen molar-refractivity contribution in [3.63, 3.8) is 0 Å². The molecule has 0 radical (unpaired) electrons. The van der Waals surface area contributed by atoms with Crippen molar-refractivity contribution in [3.8, 4) is 0 Å². The number of aliphatic hydroxyl groups excluding tert-OH is 1. The molecule has 0 aromatic carbocycles. The van der Waals surface area contributed by atoms with Crippen molar-refractivity contribution in [3.05, 3.63) is 16.1 Å². The van der Waals surface area contributed by atoms with Crippen LogP contribution in [0.25, 0.3) is 0 Å². The molecule has 1 heterocycles. The van der Waals surface area contributed by atoms with Gasteiger partial charge in [0.05, 0.1) is 11.1 Å². The molecule has 2 nitrogen and oxygen atoms in total. The minimum absolute atomic E-state index is 0.0672. The maximum atomic E-state index is 9.64. The van der Waals surface area contributed by atoms with Crippen LogP contribution in [0.4, 0.5) is 0 Å². The summed E-state index contributed by atoms with van der Waals surface area (Å²) in [5.41, 5.74) is 0. The molecule has 0 bridgehead atoms. The average Bonchev–Trinajstić information content (AvgIpc) is 2.64. The molecule has 1 aromatic rings. The van der Waals surface area contributed by atoms with E-state index in [-0.39, 0.29) is 6.10 Å². The van der Waals surface area contributed by atoms with Gasteiger partial charge in [-0.1, -0.05) is 6.42 Å². The highest BCUT2D eigenvalue weighted by atomic mass is 32.1. The largest absolute Gasteiger partial charge is 0.393 e. The topological polar surface area (TPSA) is 33.1 Å². The Bertz CT molecular complexity index is 284. The maximum absolute atomic E-state index is 9.64. The number of nitrogens with zero attached hydrogens (tertiary/aromatic N) is 1. The number of thiazole rings is 1. The van der Waals surface area contributed by atoms with E-state index in [0.717, 1.165) is 17.8 Å². The van der Waals surface area contributed by atoms with Gasteiger partial charge in [-0.15, -0.1) is 11.3 Å². The Morgan fingerprint density at radius 1 is 1.62 bits per heavy atom. The van der Waals surface area contributed by atoms with Gasteiger partial charge in [-0.3, -0.25) is 0 Å². The van der Waals surface area contributed by atoms with E-state index in [1.165, 1.54) is 17.7 Å². The van der Waals surface area contributed by atoms with Crippen LogP contribution in [-0.2, 0) is 6.42 Å². The highest BCUT2D eigenvalue weighted by Gasteiger charge is 2.25. The van der Waals surface area contributed by atoms with Gasteiger partial charge in [0.25, 0.3) is 0 Å². The molecule has 0 amide bonds. The van der Waals surface area contributed by atoms with E-state index in [1.54, 1.807) is 11.3 Å². The molecule has 0 spiro atoms. The van der Waals surface area contributed by atoms with Gasteiger partial charge >= 0.3 is 0 Å². The van der Waals surface area contributed by atoms with E-state index >= 15 is 0 Å². The minimum Gasteiger partial charge on any atom is -0.393 e. The molecular formula is C10H15NOS. The second-order valence-corrected chi connectivity index (χ2v) is 5.13. The van der Waals surface area contributed by atoms with Crippen molar-refractivity contribution < 1.29 is 5.11 Å². The van der Waals surface area contributed by atoms with Crippen LogP contribution < -0.4 is 0 Å². The fourth-order valence-electron chi connectivity index (χ4n) is 2.01. The van der Waals surface area contributed by atoms with Gasteiger partial charge in [0.1, 0.15) is 0 Å². The van der Waals surface area contributed by atoms with Gasteiger partial charge in [0.15, 0.2) is 0 Å². The fraction of sp³-hybridized carbons (Fsp3) is 0.700. The first-order valence-electron chi connectivity index (χ1n) is 4.85. The molecule has 1 N–H and O–H groups in total. The Morgan fingerprint density at radius 3 is 3.00 bits per heavy atom. The van der Waals surface area contributed by atoms with E-state index in [0.29, 0.717) is 5.92 Å². The summed E-state index contributed by atoms with van der Waals surface area (Å²) in [7, 11) is 0. The lowest BCUT2D eigenvalue weighted by molar-refractivity contribution is 0.133. The van der Waals surface area contributed by atoms with Crippen LogP contribution in [0.5, 0.6) is 0 Å². The molecule has 2 unspecified atom stereocenters. The van der Waals surface area contributed by atoms with Gasteiger partial charge in [0.2, 0.25) is 0 Å². The molecule has 0 aliphatic heterocycles. The zero-order valence-corrected chi connectivity index (χ0v) is 8.68. The average molecular weight is 197 g/mol. The summed E-state index contributed by atoms with van der Waals surface area (Å²) in [6.45, 7) is 2.03. The third-order valence-electron chi connectivity index (χ3n) is 2.75. The summed E-state index contributed by atoms with van der Waals surface area (Å²) in [5, 5.41) is 10.8. The second kappa shape index (κ2) is 3.76. The molecule has 1 aromatic heterocycles. The summed E-state index contributed by atoms with van der Waals surface area (Å²) in [4.78, 5) is 5.54. The van der Waals surface area contributed by atoms with Crippen LogP contribution in [0.1, 0.15) is 29.1 Å². The number of aromatic nitrogens is 1. The minimum atomic E-state index is -0.0672. The van der Waals surface area contributed by atoms with E-state index in [9.17, 15) is 5.11 Å². The first-order chi connectivity index (χ1) is 6.25. The van der Waals surface area contributed by atoms with E-state index in [2.05, 4.69) is 4.98 Å².